The first-order chi connectivity index (χ1) is 10.8. The van der Waals surface area contributed by atoms with Crippen molar-refractivity contribution < 1.29 is 21.6 Å². The number of methoxy groups -OCH3 is 1. The van der Waals surface area contributed by atoms with E-state index in [1.165, 1.54) is 17.5 Å². The largest absolute Gasteiger partial charge is 0.495 e. The molecule has 0 aliphatic carbocycles. The monoisotopic (exact) mass is 362 g/mol. The van der Waals surface area contributed by atoms with Crippen molar-refractivity contribution in [2.24, 2.45) is 0 Å². The molecule has 23 heavy (non-hydrogen) atoms. The zero-order chi connectivity index (χ0) is 17.1. The van der Waals surface area contributed by atoms with Crippen LogP contribution in [0.25, 0.3) is 0 Å². The van der Waals surface area contributed by atoms with Gasteiger partial charge in [0.25, 0.3) is 0 Å². The Morgan fingerprint density at radius 3 is 2.65 bits per heavy atom. The first-order valence-corrected chi connectivity index (χ1v) is 10.7. The summed E-state index contributed by atoms with van der Waals surface area (Å²) in [4.78, 5) is 0. The second kappa shape index (κ2) is 6.96. The third kappa shape index (κ3) is 4.29. The summed E-state index contributed by atoms with van der Waals surface area (Å²) in [5.74, 6) is 0.493. The van der Waals surface area contributed by atoms with E-state index in [0.717, 1.165) is 6.42 Å². The van der Waals surface area contributed by atoms with Crippen LogP contribution < -0.4 is 13.8 Å². The van der Waals surface area contributed by atoms with Gasteiger partial charge in [0.05, 0.1) is 30.0 Å². The van der Waals surface area contributed by atoms with Crippen LogP contribution in [-0.2, 0) is 20.0 Å². The van der Waals surface area contributed by atoms with Crippen LogP contribution in [0, 0.1) is 0 Å². The number of hydrogen-bond acceptors (Lipinski definition) is 5. The SMILES string of the molecule is CCCS(=O)(=O)Nc1ccc(OC)c(N2CCCCS2(=O)=O)c1. The third-order valence-electron chi connectivity index (χ3n) is 3.54. The van der Waals surface area contributed by atoms with E-state index in [2.05, 4.69) is 4.72 Å². The van der Waals surface area contributed by atoms with E-state index < -0.39 is 20.0 Å². The molecule has 1 aromatic rings. The first kappa shape index (κ1) is 17.9. The van der Waals surface area contributed by atoms with Gasteiger partial charge in [-0.25, -0.2) is 16.8 Å². The Morgan fingerprint density at radius 2 is 2.04 bits per heavy atom. The van der Waals surface area contributed by atoms with Crippen LogP contribution in [-0.4, -0.2) is 42.0 Å². The Balaban J connectivity index is 2.40. The lowest BCUT2D eigenvalue weighted by Crippen LogP contribution is -2.38. The molecule has 2 rings (SSSR count). The molecule has 0 amide bonds. The van der Waals surface area contributed by atoms with Gasteiger partial charge < -0.3 is 4.74 Å². The van der Waals surface area contributed by atoms with Crippen molar-refractivity contribution in [2.75, 3.05) is 34.2 Å². The van der Waals surface area contributed by atoms with Crippen molar-refractivity contribution in [3.05, 3.63) is 18.2 Å². The summed E-state index contributed by atoms with van der Waals surface area (Å²) >= 11 is 0. The molecule has 0 unspecified atom stereocenters. The molecule has 7 nitrogen and oxygen atoms in total. The predicted octanol–water partition coefficient (Wildman–Crippen LogP) is 1.78. The van der Waals surface area contributed by atoms with Crippen LogP contribution in [0.3, 0.4) is 0 Å². The van der Waals surface area contributed by atoms with Gasteiger partial charge >= 0.3 is 0 Å². The number of nitrogens with zero attached hydrogens (tertiary/aromatic N) is 1. The Bertz CT molecular complexity index is 759. The molecule has 1 aromatic carbocycles. The van der Waals surface area contributed by atoms with Crippen LogP contribution >= 0.6 is 0 Å². The van der Waals surface area contributed by atoms with Gasteiger partial charge in [0.2, 0.25) is 20.0 Å². The fourth-order valence-corrected chi connectivity index (χ4v) is 5.27. The average molecular weight is 362 g/mol. The molecule has 1 N–H and O–H groups in total. The van der Waals surface area contributed by atoms with Crippen molar-refractivity contribution in [1.82, 2.24) is 0 Å². The first-order valence-electron chi connectivity index (χ1n) is 7.48. The second-order valence-corrected chi connectivity index (χ2v) is 9.26. The maximum atomic E-state index is 12.3. The van der Waals surface area contributed by atoms with Crippen LogP contribution in [0.5, 0.6) is 5.75 Å². The van der Waals surface area contributed by atoms with Gasteiger partial charge in [0, 0.05) is 6.54 Å². The standard InChI is InChI=1S/C14H22N2O5S2/c1-3-9-22(17,18)15-12-6-7-14(21-2)13(11-12)16-8-4-5-10-23(16,19)20/h6-7,11,15H,3-5,8-10H2,1-2H3. The minimum Gasteiger partial charge on any atom is -0.495 e. The van der Waals surface area contributed by atoms with Gasteiger partial charge in [-0.1, -0.05) is 6.92 Å². The second-order valence-electron chi connectivity index (χ2n) is 5.40. The quantitative estimate of drug-likeness (QED) is 0.833. The molecule has 0 saturated carbocycles. The number of benzene rings is 1. The molecule has 130 valence electrons. The highest BCUT2D eigenvalue weighted by Gasteiger charge is 2.28. The van der Waals surface area contributed by atoms with Gasteiger partial charge in [-0.3, -0.25) is 9.03 Å². The lowest BCUT2D eigenvalue weighted by molar-refractivity contribution is 0.415. The maximum absolute atomic E-state index is 12.3. The molecule has 0 aromatic heterocycles. The zero-order valence-electron chi connectivity index (χ0n) is 13.3. The molecular weight excluding hydrogens is 340 g/mol. The van der Waals surface area contributed by atoms with E-state index in [0.29, 0.717) is 36.5 Å². The normalized spacial score (nSPS) is 17.7. The molecule has 9 heteroatoms. The summed E-state index contributed by atoms with van der Waals surface area (Å²) in [6.07, 6.45) is 1.89. The number of rotatable bonds is 6. The van der Waals surface area contributed by atoms with Gasteiger partial charge in [0.1, 0.15) is 5.75 Å². The Hall–Kier alpha value is -1.48. The van der Waals surface area contributed by atoms with Crippen LogP contribution in [0.2, 0.25) is 0 Å². The smallest absolute Gasteiger partial charge is 0.235 e. The highest BCUT2D eigenvalue weighted by atomic mass is 32.2. The lowest BCUT2D eigenvalue weighted by atomic mass is 10.2. The highest BCUT2D eigenvalue weighted by molar-refractivity contribution is 7.93. The molecule has 1 fully saturated rings. The van der Waals surface area contributed by atoms with Crippen LogP contribution in [0.1, 0.15) is 26.2 Å². The molecule has 0 atom stereocenters. The molecule has 0 spiro atoms. The summed E-state index contributed by atoms with van der Waals surface area (Å²) in [5, 5.41) is 0. The fraction of sp³-hybridized carbons (Fsp3) is 0.571. The Kier molecular flexibility index (Phi) is 5.41. The number of sulfonamides is 2. The van der Waals surface area contributed by atoms with E-state index in [-0.39, 0.29) is 11.5 Å². The van der Waals surface area contributed by atoms with Crippen molar-refractivity contribution in [1.29, 1.82) is 0 Å². The summed E-state index contributed by atoms with van der Waals surface area (Å²) in [6.45, 7) is 2.14. The summed E-state index contributed by atoms with van der Waals surface area (Å²) in [6, 6.07) is 4.64. The molecule has 1 heterocycles. The molecule has 1 aliphatic heterocycles. The molecule has 0 radical (unpaired) electrons. The number of nitrogens with one attached hydrogen (secondary N) is 1. The van der Waals surface area contributed by atoms with E-state index in [4.69, 9.17) is 4.74 Å². The van der Waals surface area contributed by atoms with Crippen molar-refractivity contribution >= 4 is 31.4 Å². The minimum atomic E-state index is -3.44. The van der Waals surface area contributed by atoms with Crippen molar-refractivity contribution in [2.45, 2.75) is 26.2 Å². The lowest BCUT2D eigenvalue weighted by Gasteiger charge is -2.29. The maximum Gasteiger partial charge on any atom is 0.235 e. The Morgan fingerprint density at radius 1 is 1.30 bits per heavy atom. The number of hydrogen-bond donors (Lipinski definition) is 1. The summed E-state index contributed by atoms with van der Waals surface area (Å²) in [5.41, 5.74) is 0.693. The fourth-order valence-electron chi connectivity index (χ4n) is 2.51. The zero-order valence-corrected chi connectivity index (χ0v) is 14.9. The van der Waals surface area contributed by atoms with Crippen LogP contribution in [0.15, 0.2) is 18.2 Å². The molecule has 1 aliphatic rings. The van der Waals surface area contributed by atoms with Crippen molar-refractivity contribution in [3.63, 3.8) is 0 Å². The summed E-state index contributed by atoms with van der Waals surface area (Å²) in [7, 11) is -5.39. The van der Waals surface area contributed by atoms with Gasteiger partial charge in [-0.2, -0.15) is 0 Å². The van der Waals surface area contributed by atoms with Gasteiger partial charge in [-0.05, 0) is 37.5 Å². The topological polar surface area (TPSA) is 92.8 Å². The van der Waals surface area contributed by atoms with E-state index in [1.807, 2.05) is 0 Å². The summed E-state index contributed by atoms with van der Waals surface area (Å²) < 4.78 is 57.4. The molecule has 0 bridgehead atoms. The van der Waals surface area contributed by atoms with Crippen LogP contribution in [0.4, 0.5) is 11.4 Å². The van der Waals surface area contributed by atoms with E-state index >= 15 is 0 Å². The number of ether oxygens (including phenoxy) is 1. The minimum absolute atomic E-state index is 0.0103. The van der Waals surface area contributed by atoms with Crippen molar-refractivity contribution in [3.8, 4) is 5.75 Å². The predicted molar refractivity (Wildman–Crippen MR) is 91.1 cm³/mol. The molecule has 1 saturated heterocycles. The highest BCUT2D eigenvalue weighted by Crippen LogP contribution is 2.35. The average Bonchev–Trinajstić information content (AvgIpc) is 2.46. The Labute approximate surface area is 137 Å². The van der Waals surface area contributed by atoms with E-state index in [1.54, 1.807) is 19.1 Å². The molecular formula is C14H22N2O5S2. The number of anilines is 2. The van der Waals surface area contributed by atoms with E-state index in [9.17, 15) is 16.8 Å². The van der Waals surface area contributed by atoms with Gasteiger partial charge in [0.15, 0.2) is 0 Å². The third-order valence-corrected chi connectivity index (χ3v) is 6.89. The van der Waals surface area contributed by atoms with Gasteiger partial charge in [-0.15, -0.1) is 0 Å².